The molecule has 4 rings (SSSR count). The Morgan fingerprint density at radius 3 is 2.59 bits per heavy atom. The average molecular weight is 464 g/mol. The fourth-order valence-electron chi connectivity index (χ4n) is 3.77. The third-order valence-electron chi connectivity index (χ3n) is 5.36. The predicted octanol–water partition coefficient (Wildman–Crippen LogP) is 1.40. The predicted molar refractivity (Wildman–Crippen MR) is 120 cm³/mol. The number of imide groups is 1. The number of carboxylic acids is 1. The molecule has 1 unspecified atom stereocenters. The van der Waals surface area contributed by atoms with Crippen LogP contribution in [0.1, 0.15) is 35.1 Å². The number of fused-ring (bicyclic) bond motifs is 1. The lowest BCUT2D eigenvalue weighted by Crippen LogP contribution is -2.45. The molecular weight excluding hydrogens is 444 g/mol. The van der Waals surface area contributed by atoms with Gasteiger partial charge in [0, 0.05) is 12.0 Å². The smallest absolute Gasteiger partial charge is 0.341 e. The molecule has 0 radical (unpaired) electrons. The van der Waals surface area contributed by atoms with Gasteiger partial charge >= 0.3 is 5.97 Å². The van der Waals surface area contributed by atoms with E-state index in [4.69, 9.17) is 9.84 Å². The molecule has 0 aliphatic carbocycles. The molecule has 11 heteroatoms. The van der Waals surface area contributed by atoms with Gasteiger partial charge in [-0.05, 0) is 49.7 Å². The van der Waals surface area contributed by atoms with Crippen molar-refractivity contribution in [2.24, 2.45) is 0 Å². The zero-order valence-electron chi connectivity index (χ0n) is 18.0. The van der Waals surface area contributed by atoms with E-state index in [0.29, 0.717) is 11.4 Å². The molecule has 11 nitrogen and oxygen atoms in total. The van der Waals surface area contributed by atoms with Crippen molar-refractivity contribution in [1.29, 1.82) is 0 Å². The molecule has 1 aliphatic heterocycles. The Labute approximate surface area is 192 Å². The zero-order valence-corrected chi connectivity index (χ0v) is 18.0. The summed E-state index contributed by atoms with van der Waals surface area (Å²) in [5, 5.41) is 13.9. The van der Waals surface area contributed by atoms with Crippen molar-refractivity contribution < 1.29 is 29.0 Å². The first kappa shape index (κ1) is 22.6. The summed E-state index contributed by atoms with van der Waals surface area (Å²) in [4.78, 5) is 64.8. The molecule has 1 atom stereocenters. The van der Waals surface area contributed by atoms with Gasteiger partial charge in [-0.25, -0.2) is 9.78 Å². The number of para-hydroxylation sites is 1. The first-order valence-electron chi connectivity index (χ1n) is 10.4. The standard InChI is InChI=1S/C23H20N4O7/c1-12-24-20-15(23(33)27(12)17-9-10-18(28)26-22(17)32)3-2-4-16(20)25-21(31)13-5-7-14(8-6-13)34-11-19(29)30/h2-8,17H,9-11H2,1H3,(H,25,31)(H,29,30)(H,26,28,32). The van der Waals surface area contributed by atoms with Crippen LogP contribution in [0.4, 0.5) is 5.69 Å². The van der Waals surface area contributed by atoms with Crippen molar-refractivity contribution in [3.8, 4) is 5.75 Å². The molecule has 3 amide bonds. The van der Waals surface area contributed by atoms with Crippen LogP contribution in [0.5, 0.6) is 5.75 Å². The number of benzene rings is 2. The van der Waals surface area contributed by atoms with Gasteiger partial charge < -0.3 is 15.2 Å². The lowest BCUT2D eigenvalue weighted by molar-refractivity contribution is -0.139. The number of nitrogens with zero attached hydrogens (tertiary/aromatic N) is 2. The Bertz CT molecular complexity index is 1380. The number of aliphatic carboxylic acids is 1. The molecule has 0 bridgehead atoms. The van der Waals surface area contributed by atoms with Gasteiger partial charge in [0.05, 0.1) is 11.1 Å². The van der Waals surface area contributed by atoms with Gasteiger partial charge in [-0.1, -0.05) is 6.07 Å². The number of carbonyl (C=O) groups is 4. The molecular formula is C23H20N4O7. The van der Waals surface area contributed by atoms with Crippen LogP contribution in [0.25, 0.3) is 10.9 Å². The highest BCUT2D eigenvalue weighted by atomic mass is 16.5. The summed E-state index contributed by atoms with van der Waals surface area (Å²) < 4.78 is 6.32. The Morgan fingerprint density at radius 1 is 1.18 bits per heavy atom. The molecule has 1 fully saturated rings. The van der Waals surface area contributed by atoms with Crippen molar-refractivity contribution in [1.82, 2.24) is 14.9 Å². The van der Waals surface area contributed by atoms with Gasteiger partial charge in [-0.3, -0.25) is 29.1 Å². The molecule has 2 heterocycles. The molecule has 3 N–H and O–H groups in total. The molecule has 1 saturated heterocycles. The number of piperidine rings is 1. The first-order chi connectivity index (χ1) is 16.2. The van der Waals surface area contributed by atoms with Crippen molar-refractivity contribution in [2.75, 3.05) is 11.9 Å². The van der Waals surface area contributed by atoms with Gasteiger partial charge in [0.25, 0.3) is 11.5 Å². The van der Waals surface area contributed by atoms with Crippen LogP contribution in [-0.4, -0.2) is 45.0 Å². The Hall–Kier alpha value is -4.54. The van der Waals surface area contributed by atoms with Gasteiger partial charge in [-0.2, -0.15) is 0 Å². The Morgan fingerprint density at radius 2 is 1.91 bits per heavy atom. The van der Waals surface area contributed by atoms with E-state index in [1.54, 1.807) is 25.1 Å². The zero-order chi connectivity index (χ0) is 24.4. The fraction of sp³-hybridized carbons (Fsp3) is 0.217. The van der Waals surface area contributed by atoms with E-state index in [9.17, 15) is 24.0 Å². The maximum atomic E-state index is 13.2. The number of rotatable bonds is 6. The highest BCUT2D eigenvalue weighted by molar-refractivity contribution is 6.08. The van der Waals surface area contributed by atoms with Gasteiger partial charge in [0.15, 0.2) is 6.61 Å². The second-order valence-electron chi connectivity index (χ2n) is 7.66. The van der Waals surface area contributed by atoms with Gasteiger partial charge in [-0.15, -0.1) is 0 Å². The van der Waals surface area contributed by atoms with E-state index in [1.807, 2.05) is 0 Å². The van der Waals surface area contributed by atoms with E-state index in [0.717, 1.165) is 0 Å². The summed E-state index contributed by atoms with van der Waals surface area (Å²) in [5.41, 5.74) is 0.411. The third-order valence-corrected chi connectivity index (χ3v) is 5.36. The largest absolute Gasteiger partial charge is 0.482 e. The first-order valence-corrected chi connectivity index (χ1v) is 10.4. The summed E-state index contributed by atoms with van der Waals surface area (Å²) in [7, 11) is 0. The van der Waals surface area contributed by atoms with Crippen LogP contribution in [0, 0.1) is 6.92 Å². The fourth-order valence-corrected chi connectivity index (χ4v) is 3.77. The molecule has 34 heavy (non-hydrogen) atoms. The van der Waals surface area contributed by atoms with Crippen molar-refractivity contribution in [3.05, 3.63) is 64.2 Å². The maximum Gasteiger partial charge on any atom is 0.341 e. The summed E-state index contributed by atoms with van der Waals surface area (Å²) in [5.74, 6) is -1.94. The lowest BCUT2D eigenvalue weighted by Gasteiger charge is -2.24. The SMILES string of the molecule is Cc1nc2c(NC(=O)c3ccc(OCC(=O)O)cc3)cccc2c(=O)n1C1CCC(=O)NC1=O. The number of hydrogen-bond donors (Lipinski definition) is 3. The number of aromatic nitrogens is 2. The number of nitrogens with one attached hydrogen (secondary N) is 2. The molecule has 174 valence electrons. The minimum Gasteiger partial charge on any atom is -0.482 e. The monoisotopic (exact) mass is 464 g/mol. The van der Waals surface area contributed by atoms with Crippen molar-refractivity contribution in [3.63, 3.8) is 0 Å². The quantitative estimate of drug-likeness (QED) is 0.462. The van der Waals surface area contributed by atoms with E-state index in [1.165, 1.54) is 28.8 Å². The van der Waals surface area contributed by atoms with E-state index in [-0.39, 0.29) is 41.0 Å². The average Bonchev–Trinajstić information content (AvgIpc) is 2.80. The van der Waals surface area contributed by atoms with Crippen LogP contribution in [0.15, 0.2) is 47.3 Å². The molecule has 0 spiro atoms. The van der Waals surface area contributed by atoms with E-state index < -0.39 is 36.0 Å². The summed E-state index contributed by atoms with van der Waals surface area (Å²) in [6.45, 7) is 1.09. The third kappa shape index (κ3) is 4.49. The highest BCUT2D eigenvalue weighted by Crippen LogP contribution is 2.24. The van der Waals surface area contributed by atoms with E-state index >= 15 is 0 Å². The number of amides is 3. The lowest BCUT2D eigenvalue weighted by atomic mass is 10.1. The maximum absolute atomic E-state index is 13.2. The van der Waals surface area contributed by atoms with Crippen LogP contribution < -0.4 is 20.9 Å². The second kappa shape index (κ2) is 9.14. The Kier molecular flexibility index (Phi) is 6.09. The van der Waals surface area contributed by atoms with Crippen LogP contribution in [-0.2, 0) is 14.4 Å². The molecule has 1 aliphatic rings. The number of carboxylic acid groups (broad SMARTS) is 1. The minimum atomic E-state index is -1.11. The topological polar surface area (TPSA) is 157 Å². The molecule has 1 aromatic heterocycles. The number of carbonyl (C=O) groups excluding carboxylic acids is 3. The number of aryl methyl sites for hydroxylation is 1. The summed E-state index contributed by atoms with van der Waals surface area (Å²) >= 11 is 0. The normalized spacial score (nSPS) is 15.6. The van der Waals surface area contributed by atoms with Gasteiger partial charge in [0.1, 0.15) is 23.1 Å². The highest BCUT2D eigenvalue weighted by Gasteiger charge is 2.30. The number of anilines is 1. The number of hydrogen-bond acceptors (Lipinski definition) is 7. The second-order valence-corrected chi connectivity index (χ2v) is 7.66. The van der Waals surface area contributed by atoms with Crippen LogP contribution in [0.3, 0.4) is 0 Å². The minimum absolute atomic E-state index is 0.122. The molecule has 0 saturated carbocycles. The van der Waals surface area contributed by atoms with Gasteiger partial charge in [0.2, 0.25) is 11.8 Å². The number of ether oxygens (including phenoxy) is 1. The summed E-state index contributed by atoms with van der Waals surface area (Å²) in [6, 6.07) is 9.81. The van der Waals surface area contributed by atoms with Crippen LogP contribution in [0.2, 0.25) is 0 Å². The molecule has 3 aromatic rings. The van der Waals surface area contributed by atoms with Crippen LogP contribution >= 0.6 is 0 Å². The Balaban J connectivity index is 1.62. The van der Waals surface area contributed by atoms with Crippen molar-refractivity contribution >= 4 is 40.3 Å². The van der Waals surface area contributed by atoms with Crippen molar-refractivity contribution in [2.45, 2.75) is 25.8 Å². The summed E-state index contributed by atoms with van der Waals surface area (Å²) in [6.07, 6.45) is 0.317. The van der Waals surface area contributed by atoms with E-state index in [2.05, 4.69) is 15.6 Å². The molecule has 2 aromatic carbocycles.